The van der Waals surface area contributed by atoms with Crippen LogP contribution in [0.2, 0.25) is 0 Å². The molecular weight excluding hydrogens is 226 g/mol. The molecule has 0 radical (unpaired) electrons. The molecule has 1 aromatic heterocycles. The Bertz CT molecular complexity index is 510. The minimum absolute atomic E-state index is 0.432. The average molecular weight is 243 g/mol. The lowest BCUT2D eigenvalue weighted by molar-refractivity contribution is 0.149. The van der Waals surface area contributed by atoms with Gasteiger partial charge in [0.15, 0.2) is 0 Å². The number of benzene rings is 1. The van der Waals surface area contributed by atoms with E-state index in [9.17, 15) is 5.11 Å². The molecule has 94 valence electrons. The molecule has 1 heterocycles. The summed E-state index contributed by atoms with van der Waals surface area (Å²) in [7, 11) is 0. The third kappa shape index (κ3) is 2.16. The number of fused-ring (bicyclic) bond motifs is 1. The highest BCUT2D eigenvalue weighted by Crippen LogP contribution is 2.37. The largest absolute Gasteiger partial charge is 0.387 e. The fraction of sp³-hybridized carbons (Fsp3) is 0.429. The summed E-state index contributed by atoms with van der Waals surface area (Å²) in [6.07, 6.45) is 5.30. The normalized spacial score (nSPS) is 20.4. The van der Waals surface area contributed by atoms with Crippen LogP contribution in [-0.4, -0.2) is 20.5 Å². The molecule has 0 aliphatic heterocycles. The van der Waals surface area contributed by atoms with Crippen molar-refractivity contribution in [3.63, 3.8) is 0 Å². The Kier molecular flexibility index (Phi) is 3.11. The molecule has 0 saturated heterocycles. The van der Waals surface area contributed by atoms with E-state index >= 15 is 0 Å². The summed E-state index contributed by atoms with van der Waals surface area (Å²) < 4.78 is 0. The Morgan fingerprint density at radius 1 is 1.39 bits per heavy atom. The van der Waals surface area contributed by atoms with E-state index < -0.39 is 6.10 Å². The molecule has 0 spiro atoms. The third-order valence-corrected chi connectivity index (χ3v) is 3.78. The SMILES string of the molecule is OC(CC1CCCc2ccccc21)c1cn[nH]n1. The van der Waals surface area contributed by atoms with E-state index in [4.69, 9.17) is 0 Å². The van der Waals surface area contributed by atoms with Gasteiger partial charge in [-0.25, -0.2) is 0 Å². The molecule has 3 rings (SSSR count). The number of nitrogens with zero attached hydrogens (tertiary/aromatic N) is 2. The number of aliphatic hydroxyl groups is 1. The molecule has 1 aromatic carbocycles. The Balaban J connectivity index is 1.78. The molecule has 1 aliphatic carbocycles. The van der Waals surface area contributed by atoms with Gasteiger partial charge >= 0.3 is 0 Å². The van der Waals surface area contributed by atoms with Gasteiger partial charge in [0.05, 0.1) is 6.20 Å². The number of aliphatic hydroxyl groups excluding tert-OH is 1. The minimum atomic E-state index is -0.528. The quantitative estimate of drug-likeness (QED) is 0.869. The number of nitrogens with one attached hydrogen (secondary N) is 1. The van der Waals surface area contributed by atoms with Gasteiger partial charge in [-0.2, -0.15) is 15.4 Å². The Morgan fingerprint density at radius 3 is 3.11 bits per heavy atom. The van der Waals surface area contributed by atoms with Crippen LogP contribution in [-0.2, 0) is 6.42 Å². The summed E-state index contributed by atoms with van der Waals surface area (Å²) in [6, 6.07) is 8.56. The van der Waals surface area contributed by atoms with Crippen molar-refractivity contribution in [2.24, 2.45) is 0 Å². The number of hydrogen-bond acceptors (Lipinski definition) is 3. The molecule has 2 aromatic rings. The van der Waals surface area contributed by atoms with Crippen molar-refractivity contribution in [3.05, 3.63) is 47.3 Å². The summed E-state index contributed by atoms with van der Waals surface area (Å²) in [5.41, 5.74) is 3.46. The smallest absolute Gasteiger partial charge is 0.111 e. The number of aromatic nitrogens is 3. The Labute approximate surface area is 106 Å². The molecule has 0 bridgehead atoms. The van der Waals surface area contributed by atoms with E-state index in [2.05, 4.69) is 39.7 Å². The van der Waals surface area contributed by atoms with Crippen molar-refractivity contribution in [2.45, 2.75) is 37.7 Å². The maximum Gasteiger partial charge on any atom is 0.111 e. The fourth-order valence-electron chi connectivity index (χ4n) is 2.86. The molecule has 4 nitrogen and oxygen atoms in total. The van der Waals surface area contributed by atoms with Crippen LogP contribution in [0.1, 0.15) is 48.1 Å². The molecule has 4 heteroatoms. The maximum atomic E-state index is 10.2. The molecule has 1 aliphatic rings. The van der Waals surface area contributed by atoms with Crippen LogP contribution in [0.15, 0.2) is 30.5 Å². The van der Waals surface area contributed by atoms with E-state index in [1.807, 2.05) is 0 Å². The summed E-state index contributed by atoms with van der Waals surface area (Å²) >= 11 is 0. The lowest BCUT2D eigenvalue weighted by Gasteiger charge is -2.26. The van der Waals surface area contributed by atoms with E-state index in [0.717, 1.165) is 19.3 Å². The molecular formula is C14H17N3O. The Morgan fingerprint density at radius 2 is 2.28 bits per heavy atom. The number of aromatic amines is 1. The van der Waals surface area contributed by atoms with Crippen molar-refractivity contribution >= 4 is 0 Å². The summed E-state index contributed by atoms with van der Waals surface area (Å²) in [5, 5.41) is 20.4. The van der Waals surface area contributed by atoms with Gasteiger partial charge in [-0.05, 0) is 42.7 Å². The van der Waals surface area contributed by atoms with Crippen LogP contribution in [0.5, 0.6) is 0 Å². The van der Waals surface area contributed by atoms with E-state index in [1.54, 1.807) is 6.20 Å². The van der Waals surface area contributed by atoms with E-state index in [0.29, 0.717) is 11.6 Å². The van der Waals surface area contributed by atoms with Gasteiger partial charge in [-0.3, -0.25) is 0 Å². The molecule has 0 fully saturated rings. The summed E-state index contributed by atoms with van der Waals surface area (Å²) in [4.78, 5) is 0. The number of H-pyrrole nitrogens is 1. The second-order valence-corrected chi connectivity index (χ2v) is 4.93. The predicted octanol–water partition coefficient (Wildman–Crippen LogP) is 2.35. The van der Waals surface area contributed by atoms with Gasteiger partial charge in [0.2, 0.25) is 0 Å². The van der Waals surface area contributed by atoms with Crippen LogP contribution in [0.3, 0.4) is 0 Å². The lowest BCUT2D eigenvalue weighted by Crippen LogP contribution is -2.13. The van der Waals surface area contributed by atoms with Crippen molar-refractivity contribution in [1.82, 2.24) is 15.4 Å². The topological polar surface area (TPSA) is 61.8 Å². The highest BCUT2D eigenvalue weighted by molar-refractivity contribution is 5.32. The highest BCUT2D eigenvalue weighted by atomic mass is 16.3. The van der Waals surface area contributed by atoms with Crippen molar-refractivity contribution in [3.8, 4) is 0 Å². The second-order valence-electron chi connectivity index (χ2n) is 4.93. The van der Waals surface area contributed by atoms with Crippen molar-refractivity contribution < 1.29 is 5.11 Å². The van der Waals surface area contributed by atoms with Crippen LogP contribution >= 0.6 is 0 Å². The molecule has 0 amide bonds. The van der Waals surface area contributed by atoms with Crippen molar-refractivity contribution in [2.75, 3.05) is 0 Å². The van der Waals surface area contributed by atoms with Gasteiger partial charge in [-0.15, -0.1) is 0 Å². The van der Waals surface area contributed by atoms with Crippen LogP contribution in [0, 0.1) is 0 Å². The first-order valence-electron chi connectivity index (χ1n) is 6.46. The first-order valence-corrected chi connectivity index (χ1v) is 6.46. The molecule has 2 N–H and O–H groups in total. The standard InChI is InChI=1S/C14H17N3O/c18-14(13-9-15-17-16-13)8-11-6-3-5-10-4-1-2-7-12(10)11/h1-2,4,7,9,11,14,18H,3,5-6,8H2,(H,15,16,17). The van der Waals surface area contributed by atoms with Gasteiger partial charge in [0, 0.05) is 0 Å². The number of hydrogen-bond donors (Lipinski definition) is 2. The zero-order chi connectivity index (χ0) is 12.4. The van der Waals surface area contributed by atoms with Crippen LogP contribution < -0.4 is 0 Å². The van der Waals surface area contributed by atoms with Gasteiger partial charge in [-0.1, -0.05) is 24.3 Å². The first kappa shape index (κ1) is 11.4. The van der Waals surface area contributed by atoms with Gasteiger partial charge in [0.1, 0.15) is 11.8 Å². The van der Waals surface area contributed by atoms with Crippen LogP contribution in [0.25, 0.3) is 0 Å². The first-order chi connectivity index (χ1) is 8.84. The zero-order valence-electron chi connectivity index (χ0n) is 10.2. The second kappa shape index (κ2) is 4.90. The van der Waals surface area contributed by atoms with Crippen LogP contribution in [0.4, 0.5) is 0 Å². The third-order valence-electron chi connectivity index (χ3n) is 3.78. The molecule has 2 atom stereocenters. The number of rotatable bonds is 3. The summed E-state index contributed by atoms with van der Waals surface area (Å²) in [5.74, 6) is 0.432. The average Bonchev–Trinajstić information content (AvgIpc) is 2.93. The molecule has 2 unspecified atom stereocenters. The number of aryl methyl sites for hydroxylation is 1. The predicted molar refractivity (Wildman–Crippen MR) is 68.1 cm³/mol. The molecule has 18 heavy (non-hydrogen) atoms. The lowest BCUT2D eigenvalue weighted by atomic mass is 9.80. The molecule has 0 saturated carbocycles. The van der Waals surface area contributed by atoms with Crippen molar-refractivity contribution in [1.29, 1.82) is 0 Å². The van der Waals surface area contributed by atoms with Gasteiger partial charge < -0.3 is 5.11 Å². The minimum Gasteiger partial charge on any atom is -0.387 e. The fourth-order valence-corrected chi connectivity index (χ4v) is 2.86. The monoisotopic (exact) mass is 243 g/mol. The maximum absolute atomic E-state index is 10.2. The van der Waals surface area contributed by atoms with Gasteiger partial charge in [0.25, 0.3) is 0 Å². The van der Waals surface area contributed by atoms with E-state index in [-0.39, 0.29) is 0 Å². The highest BCUT2D eigenvalue weighted by Gasteiger charge is 2.23. The van der Waals surface area contributed by atoms with E-state index in [1.165, 1.54) is 17.5 Å². The summed E-state index contributed by atoms with van der Waals surface area (Å²) in [6.45, 7) is 0. The Hall–Kier alpha value is -1.68. The zero-order valence-corrected chi connectivity index (χ0v) is 10.2.